The molecule has 0 unspecified atom stereocenters. The van der Waals surface area contributed by atoms with E-state index in [2.05, 4.69) is 15.9 Å². The number of benzene rings is 1. The van der Waals surface area contributed by atoms with Gasteiger partial charge in [0.15, 0.2) is 23.1 Å². The SMILES string of the molecule is NCCC(=O)c1c(O)c(O)cc(Br)c1F. The quantitative estimate of drug-likeness (QED) is 0.578. The van der Waals surface area contributed by atoms with Crippen LogP contribution >= 0.6 is 15.9 Å². The molecule has 0 spiro atoms. The fourth-order valence-electron chi connectivity index (χ4n) is 1.11. The van der Waals surface area contributed by atoms with E-state index in [-0.39, 0.29) is 17.4 Å². The van der Waals surface area contributed by atoms with Crippen molar-refractivity contribution in [3.05, 3.63) is 21.9 Å². The van der Waals surface area contributed by atoms with Crippen molar-refractivity contribution in [2.75, 3.05) is 6.54 Å². The Morgan fingerprint density at radius 3 is 2.67 bits per heavy atom. The van der Waals surface area contributed by atoms with Crippen molar-refractivity contribution in [3.63, 3.8) is 0 Å². The lowest BCUT2D eigenvalue weighted by Gasteiger charge is -2.07. The van der Waals surface area contributed by atoms with Gasteiger partial charge in [0.1, 0.15) is 5.56 Å². The molecule has 1 aromatic rings. The Balaban J connectivity index is 3.32. The molecule has 0 bridgehead atoms. The molecule has 0 saturated carbocycles. The Labute approximate surface area is 93.6 Å². The molecule has 0 amide bonds. The number of nitrogens with two attached hydrogens (primary N) is 1. The van der Waals surface area contributed by atoms with Crippen LogP contribution in [0.4, 0.5) is 4.39 Å². The zero-order valence-corrected chi connectivity index (χ0v) is 9.21. The number of phenolic OH excluding ortho intramolecular Hbond substituents is 2. The van der Waals surface area contributed by atoms with Crippen LogP contribution in [-0.4, -0.2) is 22.5 Å². The second-order valence-electron chi connectivity index (χ2n) is 2.88. The third-order valence-corrected chi connectivity index (χ3v) is 2.40. The molecule has 1 aromatic carbocycles. The van der Waals surface area contributed by atoms with Crippen LogP contribution in [0.2, 0.25) is 0 Å². The van der Waals surface area contributed by atoms with Crippen LogP contribution in [0.3, 0.4) is 0 Å². The molecule has 0 radical (unpaired) electrons. The van der Waals surface area contributed by atoms with Crippen LogP contribution in [0, 0.1) is 5.82 Å². The average Bonchev–Trinajstić information content (AvgIpc) is 2.16. The molecule has 6 heteroatoms. The number of carbonyl (C=O) groups excluding carboxylic acids is 1. The number of aromatic hydroxyl groups is 2. The Morgan fingerprint density at radius 1 is 1.53 bits per heavy atom. The number of hydrogen-bond acceptors (Lipinski definition) is 4. The predicted octanol–water partition coefficient (Wildman–Crippen LogP) is 1.53. The summed E-state index contributed by atoms with van der Waals surface area (Å²) >= 11 is 2.82. The third kappa shape index (κ3) is 2.27. The fraction of sp³-hybridized carbons (Fsp3) is 0.222. The molecule has 0 heterocycles. The van der Waals surface area contributed by atoms with Gasteiger partial charge in [-0.2, -0.15) is 0 Å². The summed E-state index contributed by atoms with van der Waals surface area (Å²) in [6.07, 6.45) is -0.0969. The van der Waals surface area contributed by atoms with Crippen molar-refractivity contribution in [2.45, 2.75) is 6.42 Å². The number of rotatable bonds is 3. The molecular weight excluding hydrogens is 269 g/mol. The van der Waals surface area contributed by atoms with Crippen molar-refractivity contribution in [2.24, 2.45) is 5.73 Å². The number of hydrogen-bond donors (Lipinski definition) is 3. The predicted molar refractivity (Wildman–Crippen MR) is 55.4 cm³/mol. The highest BCUT2D eigenvalue weighted by Crippen LogP contribution is 2.36. The summed E-state index contributed by atoms with van der Waals surface area (Å²) in [5.74, 6) is -2.86. The van der Waals surface area contributed by atoms with Gasteiger partial charge in [0.25, 0.3) is 0 Å². The van der Waals surface area contributed by atoms with Crippen LogP contribution in [0.15, 0.2) is 10.5 Å². The Hall–Kier alpha value is -1.14. The van der Waals surface area contributed by atoms with Gasteiger partial charge in [0.2, 0.25) is 0 Å². The van der Waals surface area contributed by atoms with Crippen molar-refractivity contribution in [1.29, 1.82) is 0 Å². The van der Waals surface area contributed by atoms with Crippen LogP contribution in [0.5, 0.6) is 11.5 Å². The first-order valence-electron chi connectivity index (χ1n) is 4.12. The Morgan fingerprint density at radius 2 is 2.13 bits per heavy atom. The van der Waals surface area contributed by atoms with E-state index in [4.69, 9.17) is 5.73 Å². The average molecular weight is 278 g/mol. The van der Waals surface area contributed by atoms with E-state index in [1.165, 1.54) is 0 Å². The number of halogens is 2. The number of phenols is 2. The molecule has 0 aliphatic heterocycles. The van der Waals surface area contributed by atoms with Crippen molar-refractivity contribution in [3.8, 4) is 11.5 Å². The summed E-state index contributed by atoms with van der Waals surface area (Å²) in [6.45, 7) is 0.0466. The van der Waals surface area contributed by atoms with Gasteiger partial charge in [-0.3, -0.25) is 4.79 Å². The summed E-state index contributed by atoms with van der Waals surface area (Å²) in [7, 11) is 0. The molecule has 0 aromatic heterocycles. The van der Waals surface area contributed by atoms with Crippen molar-refractivity contribution < 1.29 is 19.4 Å². The number of carbonyl (C=O) groups is 1. The molecule has 4 nitrogen and oxygen atoms in total. The maximum absolute atomic E-state index is 13.4. The zero-order valence-electron chi connectivity index (χ0n) is 7.63. The summed E-state index contributed by atoms with van der Waals surface area (Å²) < 4.78 is 13.4. The molecule has 15 heavy (non-hydrogen) atoms. The van der Waals surface area contributed by atoms with E-state index in [0.717, 1.165) is 6.07 Å². The van der Waals surface area contributed by atoms with Gasteiger partial charge in [-0.05, 0) is 22.5 Å². The molecule has 0 fully saturated rings. The normalized spacial score (nSPS) is 10.3. The van der Waals surface area contributed by atoms with E-state index in [0.29, 0.717) is 0 Å². The van der Waals surface area contributed by atoms with Crippen molar-refractivity contribution >= 4 is 21.7 Å². The summed E-state index contributed by atoms with van der Waals surface area (Å²) in [5.41, 5.74) is 4.61. The fourth-order valence-corrected chi connectivity index (χ4v) is 1.53. The van der Waals surface area contributed by atoms with E-state index in [1.54, 1.807) is 0 Å². The second kappa shape index (κ2) is 4.59. The maximum Gasteiger partial charge on any atom is 0.171 e. The topological polar surface area (TPSA) is 83.6 Å². The highest BCUT2D eigenvalue weighted by Gasteiger charge is 2.21. The minimum Gasteiger partial charge on any atom is -0.504 e. The summed E-state index contributed by atoms with van der Waals surface area (Å²) in [4.78, 5) is 11.4. The van der Waals surface area contributed by atoms with Gasteiger partial charge >= 0.3 is 0 Å². The van der Waals surface area contributed by atoms with E-state index < -0.39 is 28.7 Å². The lowest BCUT2D eigenvalue weighted by Crippen LogP contribution is -2.10. The minimum absolute atomic E-state index is 0.0466. The van der Waals surface area contributed by atoms with Crippen LogP contribution in [0.1, 0.15) is 16.8 Å². The first-order valence-corrected chi connectivity index (χ1v) is 4.91. The molecule has 82 valence electrons. The summed E-state index contributed by atoms with van der Waals surface area (Å²) in [6, 6.07) is 0.976. The smallest absolute Gasteiger partial charge is 0.171 e. The first-order chi connectivity index (χ1) is 6.99. The third-order valence-electron chi connectivity index (χ3n) is 1.82. The molecular formula is C9H9BrFNO3. The van der Waals surface area contributed by atoms with Gasteiger partial charge in [-0.1, -0.05) is 0 Å². The molecule has 1 rings (SSSR count). The highest BCUT2D eigenvalue weighted by atomic mass is 79.9. The molecule has 0 aliphatic carbocycles. The molecule has 4 N–H and O–H groups in total. The Bertz CT molecular complexity index is 383. The Kier molecular flexibility index (Phi) is 3.65. The van der Waals surface area contributed by atoms with Crippen LogP contribution in [-0.2, 0) is 0 Å². The lowest BCUT2D eigenvalue weighted by atomic mass is 10.1. The van der Waals surface area contributed by atoms with Gasteiger partial charge in [-0.15, -0.1) is 0 Å². The first kappa shape index (κ1) is 11.9. The van der Waals surface area contributed by atoms with Crippen molar-refractivity contribution in [1.82, 2.24) is 0 Å². The van der Waals surface area contributed by atoms with Gasteiger partial charge in [0.05, 0.1) is 4.47 Å². The van der Waals surface area contributed by atoms with Gasteiger partial charge in [-0.25, -0.2) is 4.39 Å². The lowest BCUT2D eigenvalue weighted by molar-refractivity contribution is 0.0978. The number of Topliss-reactive ketones (excluding diaryl/α,β-unsaturated/α-hetero) is 1. The van der Waals surface area contributed by atoms with Gasteiger partial charge in [0, 0.05) is 12.5 Å². The van der Waals surface area contributed by atoms with E-state index in [1.807, 2.05) is 0 Å². The summed E-state index contributed by atoms with van der Waals surface area (Å²) in [5, 5.41) is 18.5. The highest BCUT2D eigenvalue weighted by molar-refractivity contribution is 9.10. The van der Waals surface area contributed by atoms with E-state index >= 15 is 0 Å². The standard InChI is InChI=1S/C9H9BrFNO3/c10-4-3-6(14)9(15)7(8(4)11)5(13)1-2-12/h3,14-15H,1-2,12H2. The largest absolute Gasteiger partial charge is 0.504 e. The van der Waals surface area contributed by atoms with Crippen LogP contribution < -0.4 is 5.73 Å². The molecule has 0 atom stereocenters. The minimum atomic E-state index is -0.899. The molecule has 0 aliphatic rings. The monoisotopic (exact) mass is 277 g/mol. The maximum atomic E-state index is 13.4. The molecule has 0 saturated heterocycles. The van der Waals surface area contributed by atoms with E-state index in [9.17, 15) is 19.4 Å². The van der Waals surface area contributed by atoms with Crippen LogP contribution in [0.25, 0.3) is 0 Å². The zero-order chi connectivity index (χ0) is 11.6. The number of ketones is 1. The second-order valence-corrected chi connectivity index (χ2v) is 3.73. The van der Waals surface area contributed by atoms with Gasteiger partial charge < -0.3 is 15.9 Å².